The van der Waals surface area contributed by atoms with E-state index in [4.69, 9.17) is 28.9 Å². The van der Waals surface area contributed by atoms with Gasteiger partial charge in [0.25, 0.3) is 0 Å². The molecule has 3 N–H and O–H groups in total. The number of hydrogen-bond acceptors (Lipinski definition) is 3. The second-order valence-electron chi connectivity index (χ2n) is 3.93. The standard InChI is InChI=1S/C13H9Cl2N3S/c14-7-3-1-4-8(15)10(7)11-12(17-18-13(11)16)9-5-2-6-19-9/h1-6H,(H3,16,17,18). The fraction of sp³-hybridized carbons (Fsp3) is 0. The molecule has 3 aromatic rings. The molecule has 2 aromatic heterocycles. The molecule has 0 spiro atoms. The van der Waals surface area contributed by atoms with Crippen LogP contribution in [0.1, 0.15) is 0 Å². The highest BCUT2D eigenvalue weighted by Crippen LogP contribution is 2.43. The molecule has 19 heavy (non-hydrogen) atoms. The van der Waals surface area contributed by atoms with E-state index >= 15 is 0 Å². The smallest absolute Gasteiger partial charge is 0.153 e. The third-order valence-electron chi connectivity index (χ3n) is 2.77. The number of thiophene rings is 1. The Balaban J connectivity index is 2.29. The summed E-state index contributed by atoms with van der Waals surface area (Å²) < 4.78 is 0. The number of halogens is 2. The average Bonchev–Trinajstić information content (AvgIpc) is 2.99. The number of nitrogens with two attached hydrogens (primary N) is 1. The molecule has 3 rings (SSSR count). The highest BCUT2D eigenvalue weighted by molar-refractivity contribution is 7.13. The Morgan fingerprint density at radius 2 is 1.79 bits per heavy atom. The van der Waals surface area contributed by atoms with Gasteiger partial charge in [-0.2, -0.15) is 5.10 Å². The van der Waals surface area contributed by atoms with Gasteiger partial charge in [0.05, 0.1) is 26.2 Å². The average molecular weight is 310 g/mol. The van der Waals surface area contributed by atoms with Crippen LogP contribution in [-0.2, 0) is 0 Å². The van der Waals surface area contributed by atoms with Gasteiger partial charge in [0, 0.05) is 5.56 Å². The van der Waals surface area contributed by atoms with Crippen molar-refractivity contribution >= 4 is 40.4 Å². The first kappa shape index (κ1) is 12.5. The summed E-state index contributed by atoms with van der Waals surface area (Å²) >= 11 is 14.1. The summed E-state index contributed by atoms with van der Waals surface area (Å²) in [6.07, 6.45) is 0. The first-order chi connectivity index (χ1) is 9.18. The van der Waals surface area contributed by atoms with Crippen LogP contribution >= 0.6 is 34.5 Å². The molecule has 6 heteroatoms. The summed E-state index contributed by atoms with van der Waals surface area (Å²) in [7, 11) is 0. The lowest BCUT2D eigenvalue weighted by atomic mass is 10.0. The third kappa shape index (κ3) is 2.12. The largest absolute Gasteiger partial charge is 0.382 e. The number of anilines is 1. The first-order valence-electron chi connectivity index (χ1n) is 5.50. The molecular formula is C13H9Cl2N3S. The van der Waals surface area contributed by atoms with Crippen molar-refractivity contribution in [1.82, 2.24) is 10.2 Å². The number of hydrogen-bond donors (Lipinski definition) is 2. The molecule has 0 radical (unpaired) electrons. The molecular weight excluding hydrogens is 301 g/mol. The van der Waals surface area contributed by atoms with Crippen LogP contribution in [-0.4, -0.2) is 10.2 Å². The summed E-state index contributed by atoms with van der Waals surface area (Å²) in [5.74, 6) is 0.387. The van der Waals surface area contributed by atoms with Gasteiger partial charge in [-0.1, -0.05) is 35.3 Å². The monoisotopic (exact) mass is 309 g/mol. The molecule has 3 nitrogen and oxygen atoms in total. The molecule has 1 aromatic carbocycles. The minimum atomic E-state index is 0.387. The number of H-pyrrole nitrogens is 1. The van der Waals surface area contributed by atoms with E-state index in [0.717, 1.165) is 16.1 Å². The third-order valence-corrected chi connectivity index (χ3v) is 4.29. The van der Waals surface area contributed by atoms with Crippen molar-refractivity contribution in [1.29, 1.82) is 0 Å². The predicted molar refractivity (Wildman–Crippen MR) is 81.8 cm³/mol. The van der Waals surface area contributed by atoms with E-state index in [9.17, 15) is 0 Å². The Hall–Kier alpha value is -1.49. The Kier molecular flexibility index (Phi) is 3.22. The zero-order valence-corrected chi connectivity index (χ0v) is 12.0. The van der Waals surface area contributed by atoms with Crippen molar-refractivity contribution in [3.05, 3.63) is 45.8 Å². The fourth-order valence-corrected chi connectivity index (χ4v) is 3.26. The quantitative estimate of drug-likeness (QED) is 0.721. The molecule has 0 bridgehead atoms. The maximum atomic E-state index is 6.25. The van der Waals surface area contributed by atoms with Crippen LogP contribution in [0.5, 0.6) is 0 Å². The number of aromatic amines is 1. The van der Waals surface area contributed by atoms with Crippen molar-refractivity contribution in [2.75, 3.05) is 5.73 Å². The van der Waals surface area contributed by atoms with Crippen LogP contribution in [0.4, 0.5) is 5.82 Å². The van der Waals surface area contributed by atoms with Crippen LogP contribution in [0.15, 0.2) is 35.7 Å². The van der Waals surface area contributed by atoms with E-state index < -0.39 is 0 Å². The molecule has 0 saturated heterocycles. The van der Waals surface area contributed by atoms with Gasteiger partial charge in [0.2, 0.25) is 0 Å². The lowest BCUT2D eigenvalue weighted by molar-refractivity contribution is 1.11. The summed E-state index contributed by atoms with van der Waals surface area (Å²) in [5, 5.41) is 10.1. The van der Waals surface area contributed by atoms with Crippen molar-refractivity contribution < 1.29 is 0 Å². The number of nitrogens with one attached hydrogen (secondary N) is 1. The van der Waals surface area contributed by atoms with E-state index in [0.29, 0.717) is 21.4 Å². The van der Waals surface area contributed by atoms with Crippen LogP contribution in [0.2, 0.25) is 10.0 Å². The van der Waals surface area contributed by atoms with Crippen molar-refractivity contribution in [3.8, 4) is 21.7 Å². The molecule has 0 unspecified atom stereocenters. The van der Waals surface area contributed by atoms with E-state index in [1.165, 1.54) is 0 Å². The highest BCUT2D eigenvalue weighted by Gasteiger charge is 2.20. The van der Waals surface area contributed by atoms with Gasteiger partial charge in [0.15, 0.2) is 5.82 Å². The molecule has 0 aliphatic heterocycles. The molecule has 0 amide bonds. The van der Waals surface area contributed by atoms with Gasteiger partial charge in [-0.25, -0.2) is 0 Å². The normalized spacial score (nSPS) is 10.8. The van der Waals surface area contributed by atoms with Crippen molar-refractivity contribution in [3.63, 3.8) is 0 Å². The molecule has 0 fully saturated rings. The number of benzene rings is 1. The molecule has 0 atom stereocenters. The zero-order valence-electron chi connectivity index (χ0n) is 9.65. The Labute approximate surface area is 124 Å². The van der Waals surface area contributed by atoms with E-state index in [1.807, 2.05) is 17.5 Å². The van der Waals surface area contributed by atoms with Crippen LogP contribution in [0, 0.1) is 0 Å². The molecule has 96 valence electrons. The first-order valence-corrected chi connectivity index (χ1v) is 7.14. The minimum Gasteiger partial charge on any atom is -0.382 e. The molecule has 0 aliphatic carbocycles. The van der Waals surface area contributed by atoms with Gasteiger partial charge < -0.3 is 5.73 Å². The summed E-state index contributed by atoms with van der Waals surface area (Å²) in [5.41, 5.74) is 8.25. The number of rotatable bonds is 2. The van der Waals surface area contributed by atoms with Gasteiger partial charge in [-0.15, -0.1) is 11.3 Å². The maximum absolute atomic E-state index is 6.25. The van der Waals surface area contributed by atoms with E-state index in [1.54, 1.807) is 29.5 Å². The van der Waals surface area contributed by atoms with Crippen molar-refractivity contribution in [2.45, 2.75) is 0 Å². The second-order valence-corrected chi connectivity index (χ2v) is 5.69. The van der Waals surface area contributed by atoms with Crippen LogP contribution in [0.25, 0.3) is 21.7 Å². The summed E-state index contributed by atoms with van der Waals surface area (Å²) in [4.78, 5) is 1.04. The molecule has 0 saturated carbocycles. The number of aromatic nitrogens is 2. The SMILES string of the molecule is Nc1n[nH]c(-c2cccs2)c1-c1c(Cl)cccc1Cl. The number of nitrogen functional groups attached to an aromatic ring is 1. The molecule has 0 aliphatic rings. The zero-order chi connectivity index (χ0) is 13.4. The van der Waals surface area contributed by atoms with Gasteiger partial charge in [-0.3, -0.25) is 5.10 Å². The van der Waals surface area contributed by atoms with Gasteiger partial charge in [-0.05, 0) is 23.6 Å². The topological polar surface area (TPSA) is 54.7 Å². The fourth-order valence-electron chi connectivity index (χ4n) is 1.94. The Morgan fingerprint density at radius 3 is 2.42 bits per heavy atom. The summed E-state index contributed by atoms with van der Waals surface area (Å²) in [6.45, 7) is 0. The minimum absolute atomic E-state index is 0.387. The Morgan fingerprint density at radius 1 is 1.05 bits per heavy atom. The predicted octanol–water partition coefficient (Wildman–Crippen LogP) is 4.69. The number of nitrogens with zero attached hydrogens (tertiary/aromatic N) is 1. The van der Waals surface area contributed by atoms with Gasteiger partial charge in [0.1, 0.15) is 0 Å². The van der Waals surface area contributed by atoms with Crippen LogP contribution in [0.3, 0.4) is 0 Å². The molecule has 2 heterocycles. The Bertz CT molecular complexity index is 699. The second kappa shape index (κ2) is 4.89. The van der Waals surface area contributed by atoms with E-state index in [2.05, 4.69) is 10.2 Å². The van der Waals surface area contributed by atoms with Gasteiger partial charge >= 0.3 is 0 Å². The van der Waals surface area contributed by atoms with Crippen LogP contribution < -0.4 is 5.73 Å². The maximum Gasteiger partial charge on any atom is 0.153 e. The summed E-state index contributed by atoms with van der Waals surface area (Å²) in [6, 6.07) is 9.33. The van der Waals surface area contributed by atoms with Crippen molar-refractivity contribution in [2.24, 2.45) is 0 Å². The van der Waals surface area contributed by atoms with E-state index in [-0.39, 0.29) is 0 Å². The highest BCUT2D eigenvalue weighted by atomic mass is 35.5. The lowest BCUT2D eigenvalue weighted by Gasteiger charge is -2.07. The lowest BCUT2D eigenvalue weighted by Crippen LogP contribution is -1.90.